The number of halogens is 1. The molecular formula is C16H21FN2. The Morgan fingerprint density at radius 2 is 2.05 bits per heavy atom. The van der Waals surface area contributed by atoms with Gasteiger partial charge in [-0.15, -0.1) is 0 Å². The second kappa shape index (κ2) is 6.16. The van der Waals surface area contributed by atoms with E-state index in [0.717, 1.165) is 12.1 Å². The fourth-order valence-corrected chi connectivity index (χ4v) is 3.07. The zero-order valence-electron chi connectivity index (χ0n) is 11.5. The molecule has 1 aromatic carbocycles. The van der Waals surface area contributed by atoms with Gasteiger partial charge in [-0.2, -0.15) is 5.26 Å². The minimum atomic E-state index is -0.332. The maximum Gasteiger partial charge on any atom is 0.124 e. The number of nitrogens with zero attached hydrogens (tertiary/aromatic N) is 1. The van der Waals surface area contributed by atoms with Gasteiger partial charge in [0.05, 0.1) is 11.6 Å². The third-order valence-corrected chi connectivity index (χ3v) is 4.33. The summed E-state index contributed by atoms with van der Waals surface area (Å²) < 4.78 is 13.3. The Kier molecular flexibility index (Phi) is 4.55. The molecule has 1 aliphatic carbocycles. The molecular weight excluding hydrogens is 239 g/mol. The second-order valence-corrected chi connectivity index (χ2v) is 5.62. The molecule has 1 aromatic rings. The molecule has 2 nitrogen and oxygen atoms in total. The van der Waals surface area contributed by atoms with Crippen molar-refractivity contribution in [2.24, 2.45) is 5.41 Å². The molecule has 0 saturated heterocycles. The Hall–Kier alpha value is -1.40. The molecule has 1 N–H and O–H groups in total. The Labute approximate surface area is 114 Å². The zero-order valence-corrected chi connectivity index (χ0v) is 11.5. The average molecular weight is 260 g/mol. The molecule has 1 aliphatic rings. The molecule has 1 fully saturated rings. The Balaban J connectivity index is 1.92. The van der Waals surface area contributed by atoms with E-state index in [0.29, 0.717) is 17.5 Å². The van der Waals surface area contributed by atoms with Crippen LogP contribution >= 0.6 is 0 Å². The summed E-state index contributed by atoms with van der Waals surface area (Å²) in [7, 11) is 0. The van der Waals surface area contributed by atoms with Crippen molar-refractivity contribution >= 4 is 0 Å². The SMILES string of the molecule is CCC1(CNCc2cc(F)cc(C#N)c2)CCCC1. The third-order valence-electron chi connectivity index (χ3n) is 4.33. The molecule has 0 amide bonds. The summed E-state index contributed by atoms with van der Waals surface area (Å²) in [5, 5.41) is 12.3. The number of rotatable bonds is 5. The van der Waals surface area contributed by atoms with E-state index >= 15 is 0 Å². The van der Waals surface area contributed by atoms with Gasteiger partial charge in [0.1, 0.15) is 5.82 Å². The number of hydrogen-bond donors (Lipinski definition) is 1. The maximum absolute atomic E-state index is 13.3. The lowest BCUT2D eigenvalue weighted by Crippen LogP contribution is -2.31. The van der Waals surface area contributed by atoms with Gasteiger partial charge in [-0.3, -0.25) is 0 Å². The normalized spacial score (nSPS) is 17.3. The maximum atomic E-state index is 13.3. The van der Waals surface area contributed by atoms with Crippen LogP contribution in [-0.2, 0) is 6.54 Å². The van der Waals surface area contributed by atoms with E-state index < -0.39 is 0 Å². The van der Waals surface area contributed by atoms with Crippen LogP contribution in [-0.4, -0.2) is 6.54 Å². The smallest absolute Gasteiger partial charge is 0.124 e. The second-order valence-electron chi connectivity index (χ2n) is 5.62. The standard InChI is InChI=1S/C16H21FN2/c1-2-16(5-3-4-6-16)12-19-11-14-7-13(10-18)8-15(17)9-14/h7-9,19H,2-6,11-12H2,1H3. The van der Waals surface area contributed by atoms with Crippen LogP contribution in [0.25, 0.3) is 0 Å². The lowest BCUT2D eigenvalue weighted by Gasteiger charge is -2.27. The van der Waals surface area contributed by atoms with Crippen molar-refractivity contribution in [1.29, 1.82) is 5.26 Å². The quantitative estimate of drug-likeness (QED) is 0.875. The number of hydrogen-bond acceptors (Lipinski definition) is 2. The summed E-state index contributed by atoms with van der Waals surface area (Å²) in [5.74, 6) is -0.332. The number of benzene rings is 1. The van der Waals surface area contributed by atoms with Crippen molar-refractivity contribution in [2.45, 2.75) is 45.6 Å². The predicted octanol–water partition coefficient (Wildman–Crippen LogP) is 3.76. The Morgan fingerprint density at radius 1 is 1.32 bits per heavy atom. The van der Waals surface area contributed by atoms with Gasteiger partial charge in [-0.05, 0) is 48.4 Å². The minimum absolute atomic E-state index is 0.332. The lowest BCUT2D eigenvalue weighted by atomic mass is 9.83. The summed E-state index contributed by atoms with van der Waals surface area (Å²) in [6.45, 7) is 3.87. The molecule has 2 rings (SSSR count). The van der Waals surface area contributed by atoms with E-state index in [1.165, 1.54) is 44.2 Å². The van der Waals surface area contributed by atoms with Gasteiger partial charge < -0.3 is 5.32 Å². The summed E-state index contributed by atoms with van der Waals surface area (Å²) >= 11 is 0. The monoisotopic (exact) mass is 260 g/mol. The molecule has 19 heavy (non-hydrogen) atoms. The van der Waals surface area contributed by atoms with Crippen LogP contribution in [0.1, 0.15) is 50.2 Å². The molecule has 0 bridgehead atoms. The topological polar surface area (TPSA) is 35.8 Å². The molecule has 0 aromatic heterocycles. The van der Waals surface area contributed by atoms with Gasteiger partial charge in [0.2, 0.25) is 0 Å². The van der Waals surface area contributed by atoms with Crippen LogP contribution in [0.2, 0.25) is 0 Å². The highest BCUT2D eigenvalue weighted by Crippen LogP contribution is 2.40. The van der Waals surface area contributed by atoms with Crippen molar-refractivity contribution in [1.82, 2.24) is 5.32 Å². The van der Waals surface area contributed by atoms with Crippen LogP contribution in [0.5, 0.6) is 0 Å². The fraction of sp³-hybridized carbons (Fsp3) is 0.562. The van der Waals surface area contributed by atoms with Crippen molar-refractivity contribution in [3.05, 3.63) is 35.1 Å². The molecule has 0 aliphatic heterocycles. The first kappa shape index (κ1) is 14.0. The van der Waals surface area contributed by atoms with Gasteiger partial charge in [-0.1, -0.05) is 19.8 Å². The van der Waals surface area contributed by atoms with Crippen molar-refractivity contribution in [3.63, 3.8) is 0 Å². The predicted molar refractivity (Wildman–Crippen MR) is 74.0 cm³/mol. The molecule has 0 atom stereocenters. The van der Waals surface area contributed by atoms with E-state index in [9.17, 15) is 4.39 Å². The van der Waals surface area contributed by atoms with E-state index in [1.54, 1.807) is 6.07 Å². The van der Waals surface area contributed by atoms with Crippen molar-refractivity contribution < 1.29 is 4.39 Å². The van der Waals surface area contributed by atoms with Crippen molar-refractivity contribution in [3.8, 4) is 6.07 Å². The van der Waals surface area contributed by atoms with Crippen LogP contribution in [0, 0.1) is 22.6 Å². The molecule has 0 unspecified atom stereocenters. The summed E-state index contributed by atoms with van der Waals surface area (Å²) in [4.78, 5) is 0. The molecule has 1 saturated carbocycles. The van der Waals surface area contributed by atoms with Crippen LogP contribution < -0.4 is 5.32 Å². The van der Waals surface area contributed by atoms with E-state index in [1.807, 2.05) is 6.07 Å². The highest BCUT2D eigenvalue weighted by atomic mass is 19.1. The van der Waals surface area contributed by atoms with Gasteiger partial charge in [0.25, 0.3) is 0 Å². The van der Waals surface area contributed by atoms with Crippen LogP contribution in [0.4, 0.5) is 4.39 Å². The van der Waals surface area contributed by atoms with Gasteiger partial charge in [0, 0.05) is 13.1 Å². The number of nitriles is 1. The molecule has 0 spiro atoms. The van der Waals surface area contributed by atoms with Gasteiger partial charge in [-0.25, -0.2) is 4.39 Å². The molecule has 0 heterocycles. The minimum Gasteiger partial charge on any atom is -0.312 e. The van der Waals surface area contributed by atoms with Gasteiger partial charge >= 0.3 is 0 Å². The summed E-state index contributed by atoms with van der Waals surface area (Å²) in [6, 6.07) is 6.52. The third kappa shape index (κ3) is 3.54. The van der Waals surface area contributed by atoms with Crippen LogP contribution in [0.15, 0.2) is 18.2 Å². The highest BCUT2D eigenvalue weighted by Gasteiger charge is 2.31. The first-order valence-electron chi connectivity index (χ1n) is 7.08. The van der Waals surface area contributed by atoms with Gasteiger partial charge in [0.15, 0.2) is 0 Å². The first-order valence-corrected chi connectivity index (χ1v) is 7.08. The Bertz CT molecular complexity index is 470. The molecule has 0 radical (unpaired) electrons. The summed E-state index contributed by atoms with van der Waals surface area (Å²) in [6.07, 6.45) is 6.45. The van der Waals surface area contributed by atoms with E-state index in [4.69, 9.17) is 5.26 Å². The zero-order chi connectivity index (χ0) is 13.7. The van der Waals surface area contributed by atoms with E-state index in [2.05, 4.69) is 12.2 Å². The Morgan fingerprint density at radius 3 is 2.68 bits per heavy atom. The fourth-order valence-electron chi connectivity index (χ4n) is 3.07. The highest BCUT2D eigenvalue weighted by molar-refractivity contribution is 5.33. The first-order chi connectivity index (χ1) is 9.17. The average Bonchev–Trinajstić information content (AvgIpc) is 2.87. The molecule has 102 valence electrons. The lowest BCUT2D eigenvalue weighted by molar-refractivity contribution is 0.268. The number of nitrogens with one attached hydrogen (secondary N) is 1. The molecule has 3 heteroatoms. The van der Waals surface area contributed by atoms with Crippen molar-refractivity contribution in [2.75, 3.05) is 6.54 Å². The summed E-state index contributed by atoms with van der Waals surface area (Å²) in [5.41, 5.74) is 1.68. The largest absolute Gasteiger partial charge is 0.312 e. The van der Waals surface area contributed by atoms with Crippen LogP contribution in [0.3, 0.4) is 0 Å². The van der Waals surface area contributed by atoms with E-state index in [-0.39, 0.29) is 5.82 Å².